The van der Waals surface area contributed by atoms with Crippen LogP contribution in [-0.2, 0) is 4.74 Å². The minimum Gasteiger partial charge on any atom is -0.444 e. The van der Waals surface area contributed by atoms with Gasteiger partial charge < -0.3 is 20.3 Å². The molecule has 0 aliphatic heterocycles. The third kappa shape index (κ3) is 8.13. The van der Waals surface area contributed by atoms with Crippen molar-refractivity contribution in [3.8, 4) is 0 Å². The van der Waals surface area contributed by atoms with Crippen LogP contribution in [0.2, 0.25) is 0 Å². The van der Waals surface area contributed by atoms with Gasteiger partial charge in [0.2, 0.25) is 0 Å². The van der Waals surface area contributed by atoms with Crippen molar-refractivity contribution in [2.75, 3.05) is 32.9 Å². The van der Waals surface area contributed by atoms with Gasteiger partial charge in [0.25, 0.3) is 0 Å². The summed E-state index contributed by atoms with van der Waals surface area (Å²) in [5.74, 6) is 0.761. The maximum Gasteiger partial charge on any atom is 0.410 e. The van der Waals surface area contributed by atoms with Gasteiger partial charge >= 0.3 is 6.09 Å². The fraction of sp³-hybridized carbons (Fsp3) is 0.882. The van der Waals surface area contributed by atoms with Crippen LogP contribution in [0.3, 0.4) is 0 Å². The molecule has 0 aromatic heterocycles. The molecule has 1 amide bonds. The first-order chi connectivity index (χ1) is 11.1. The smallest absolute Gasteiger partial charge is 0.410 e. The molecular weight excluding hydrogens is 324 g/mol. The summed E-state index contributed by atoms with van der Waals surface area (Å²) in [6, 6.07) is 0.326. The molecule has 0 atom stereocenters. The number of rotatable bonds is 7. The van der Waals surface area contributed by atoms with Crippen molar-refractivity contribution in [3.63, 3.8) is 0 Å². The number of amides is 1. The quantitative estimate of drug-likeness (QED) is 0.541. The normalized spacial score (nSPS) is 15.9. The van der Waals surface area contributed by atoms with E-state index >= 15 is 0 Å². The maximum atomic E-state index is 12.3. The molecule has 2 N–H and O–H groups in total. The van der Waals surface area contributed by atoms with Crippen LogP contribution in [0.4, 0.5) is 4.79 Å². The Kier molecular flexibility index (Phi) is 7.70. The molecular formula is C17H34N4O2S. The second-order valence-corrected chi connectivity index (χ2v) is 9.23. The molecule has 0 unspecified atom stereocenters. The Morgan fingerprint density at radius 3 is 2.33 bits per heavy atom. The molecule has 1 rings (SSSR count). The third-order valence-electron chi connectivity index (χ3n) is 3.72. The molecule has 1 saturated carbocycles. The van der Waals surface area contributed by atoms with Crippen molar-refractivity contribution in [2.45, 2.75) is 63.9 Å². The molecule has 0 radical (unpaired) electrons. The van der Waals surface area contributed by atoms with Gasteiger partial charge in [0.1, 0.15) is 5.60 Å². The van der Waals surface area contributed by atoms with Crippen molar-refractivity contribution in [1.29, 1.82) is 0 Å². The number of ether oxygens (including phenoxy) is 1. The van der Waals surface area contributed by atoms with Gasteiger partial charge in [-0.05, 0) is 53.7 Å². The van der Waals surface area contributed by atoms with E-state index in [0.29, 0.717) is 19.1 Å². The third-order valence-corrected chi connectivity index (χ3v) is 4.97. The molecule has 0 spiro atoms. The summed E-state index contributed by atoms with van der Waals surface area (Å²) >= 11 is 1.81. The van der Waals surface area contributed by atoms with Gasteiger partial charge in [-0.25, -0.2) is 4.79 Å². The zero-order valence-electron chi connectivity index (χ0n) is 16.2. The number of carbonyl (C=O) groups is 1. The Morgan fingerprint density at radius 2 is 1.88 bits per heavy atom. The molecule has 140 valence electrons. The van der Waals surface area contributed by atoms with Crippen molar-refractivity contribution >= 4 is 23.8 Å². The highest BCUT2D eigenvalue weighted by Gasteiger charge is 2.34. The highest BCUT2D eigenvalue weighted by Crippen LogP contribution is 2.28. The molecule has 0 saturated heterocycles. The summed E-state index contributed by atoms with van der Waals surface area (Å²) < 4.78 is 5.65. The van der Waals surface area contributed by atoms with Crippen LogP contribution in [-0.4, -0.2) is 66.3 Å². The van der Waals surface area contributed by atoms with Gasteiger partial charge in [-0.15, -0.1) is 0 Å². The SMILES string of the molecule is CN=C(NCCN(C(=O)OC(C)(C)C)C1CC1)NCC(C)(C)SC. The van der Waals surface area contributed by atoms with Gasteiger partial charge in [-0.2, -0.15) is 11.8 Å². The van der Waals surface area contributed by atoms with E-state index in [1.54, 1.807) is 7.05 Å². The first-order valence-corrected chi connectivity index (χ1v) is 9.80. The number of hydrogen-bond acceptors (Lipinski definition) is 4. The molecule has 0 bridgehead atoms. The molecule has 24 heavy (non-hydrogen) atoms. The Balaban J connectivity index is 2.43. The lowest BCUT2D eigenvalue weighted by Gasteiger charge is -2.28. The number of aliphatic imine (C=N–C) groups is 1. The summed E-state index contributed by atoms with van der Waals surface area (Å²) in [6.07, 6.45) is 4.01. The van der Waals surface area contributed by atoms with Gasteiger partial charge in [-0.3, -0.25) is 4.99 Å². The highest BCUT2D eigenvalue weighted by molar-refractivity contribution is 7.99. The number of carbonyl (C=O) groups excluding carboxylic acids is 1. The molecule has 0 aromatic rings. The van der Waals surface area contributed by atoms with Gasteiger partial charge in [-0.1, -0.05) is 0 Å². The van der Waals surface area contributed by atoms with E-state index in [-0.39, 0.29) is 10.8 Å². The van der Waals surface area contributed by atoms with Crippen molar-refractivity contribution in [2.24, 2.45) is 4.99 Å². The second-order valence-electron chi connectivity index (χ2n) is 7.72. The zero-order chi connectivity index (χ0) is 18.4. The fourth-order valence-corrected chi connectivity index (χ4v) is 2.23. The number of nitrogens with one attached hydrogen (secondary N) is 2. The predicted molar refractivity (Wildman–Crippen MR) is 103 cm³/mol. The van der Waals surface area contributed by atoms with Crippen LogP contribution in [0, 0.1) is 0 Å². The zero-order valence-corrected chi connectivity index (χ0v) is 17.0. The molecule has 0 aromatic carbocycles. The monoisotopic (exact) mass is 358 g/mol. The molecule has 1 aliphatic carbocycles. The molecule has 7 heteroatoms. The molecule has 1 aliphatic rings. The standard InChI is InChI=1S/C17H34N4O2S/c1-16(2,3)23-15(22)21(13-8-9-13)11-10-19-14(18-6)20-12-17(4,5)24-7/h13H,8-12H2,1-7H3,(H2,18,19,20). The van der Waals surface area contributed by atoms with Crippen molar-refractivity contribution in [1.82, 2.24) is 15.5 Å². The Morgan fingerprint density at radius 1 is 1.25 bits per heavy atom. The second kappa shape index (κ2) is 8.83. The van der Waals surface area contributed by atoms with Crippen LogP contribution in [0.5, 0.6) is 0 Å². The largest absolute Gasteiger partial charge is 0.444 e. The Labute approximate surface area is 151 Å². The number of hydrogen-bond donors (Lipinski definition) is 2. The predicted octanol–water partition coefficient (Wildman–Crippen LogP) is 2.69. The minimum absolute atomic E-state index is 0.147. The van der Waals surface area contributed by atoms with Crippen LogP contribution >= 0.6 is 11.8 Å². The maximum absolute atomic E-state index is 12.3. The van der Waals surface area contributed by atoms with E-state index < -0.39 is 5.60 Å². The highest BCUT2D eigenvalue weighted by atomic mass is 32.2. The molecule has 0 heterocycles. The van der Waals surface area contributed by atoms with E-state index in [4.69, 9.17) is 4.74 Å². The summed E-state index contributed by atoms with van der Waals surface area (Å²) in [7, 11) is 1.76. The lowest BCUT2D eigenvalue weighted by molar-refractivity contribution is 0.0238. The summed E-state index contributed by atoms with van der Waals surface area (Å²) in [6.45, 7) is 12.2. The van der Waals surface area contributed by atoms with Gasteiger partial charge in [0.15, 0.2) is 5.96 Å². The van der Waals surface area contributed by atoms with E-state index in [1.807, 2.05) is 37.4 Å². The van der Waals surface area contributed by atoms with Gasteiger partial charge in [0.05, 0.1) is 0 Å². The van der Waals surface area contributed by atoms with E-state index in [2.05, 4.69) is 35.7 Å². The van der Waals surface area contributed by atoms with Gasteiger partial charge in [0, 0.05) is 37.5 Å². The van der Waals surface area contributed by atoms with Crippen molar-refractivity contribution < 1.29 is 9.53 Å². The summed E-state index contributed by atoms with van der Waals surface area (Å²) in [5.41, 5.74) is -0.460. The summed E-state index contributed by atoms with van der Waals surface area (Å²) in [4.78, 5) is 18.4. The van der Waals surface area contributed by atoms with Crippen molar-refractivity contribution in [3.05, 3.63) is 0 Å². The fourth-order valence-electron chi connectivity index (χ4n) is 2.01. The lowest BCUT2D eigenvalue weighted by atomic mass is 10.2. The van der Waals surface area contributed by atoms with Crippen LogP contribution < -0.4 is 10.6 Å². The topological polar surface area (TPSA) is 66.0 Å². The average Bonchev–Trinajstić information content (AvgIpc) is 3.29. The Bertz CT molecular complexity index is 442. The minimum atomic E-state index is -0.460. The number of thioether (sulfide) groups is 1. The van der Waals surface area contributed by atoms with Crippen LogP contribution in [0.25, 0.3) is 0 Å². The number of guanidine groups is 1. The van der Waals surface area contributed by atoms with Crippen LogP contribution in [0.1, 0.15) is 47.5 Å². The average molecular weight is 359 g/mol. The number of nitrogens with zero attached hydrogens (tertiary/aromatic N) is 2. The van der Waals surface area contributed by atoms with Crippen LogP contribution in [0.15, 0.2) is 4.99 Å². The first-order valence-electron chi connectivity index (χ1n) is 8.57. The van der Waals surface area contributed by atoms with E-state index in [0.717, 1.165) is 25.3 Å². The Hall–Kier alpha value is -1.11. The molecule has 6 nitrogen and oxygen atoms in total. The summed E-state index contributed by atoms with van der Waals surface area (Å²) in [5, 5.41) is 6.61. The van der Waals surface area contributed by atoms with E-state index in [9.17, 15) is 4.79 Å². The first kappa shape index (κ1) is 20.9. The lowest BCUT2D eigenvalue weighted by Crippen LogP contribution is -2.47. The van der Waals surface area contributed by atoms with E-state index in [1.165, 1.54) is 0 Å². The molecule has 1 fully saturated rings.